The smallest absolute Gasteiger partial charge is 0.166 e. The number of hydrogen-bond acceptors (Lipinski definition) is 3. The number of Topliss-reactive ketones (excluding diaryl/α,β-unsaturated/α-hetero) is 1. The fourth-order valence-corrected chi connectivity index (χ4v) is 4.10. The first kappa shape index (κ1) is 17.8. The summed E-state index contributed by atoms with van der Waals surface area (Å²) in [6, 6.07) is 15.8. The Morgan fingerprint density at radius 1 is 1.11 bits per heavy atom. The number of aromatic nitrogens is 1. The van der Waals surface area contributed by atoms with Crippen LogP contribution in [0.15, 0.2) is 54.7 Å². The van der Waals surface area contributed by atoms with Crippen molar-refractivity contribution >= 4 is 16.7 Å². The molecule has 1 saturated heterocycles. The van der Waals surface area contributed by atoms with Crippen LogP contribution in [-0.4, -0.2) is 40.4 Å². The number of ketones is 1. The van der Waals surface area contributed by atoms with Crippen LogP contribution in [0.2, 0.25) is 0 Å². The van der Waals surface area contributed by atoms with Gasteiger partial charge >= 0.3 is 0 Å². The maximum atomic E-state index is 12.7. The van der Waals surface area contributed by atoms with Crippen LogP contribution in [0.3, 0.4) is 0 Å². The van der Waals surface area contributed by atoms with Gasteiger partial charge in [-0.15, -0.1) is 0 Å². The molecule has 0 spiro atoms. The van der Waals surface area contributed by atoms with Gasteiger partial charge in [0.05, 0.1) is 0 Å². The number of carbonyl (C=O) groups is 1. The number of rotatable bonds is 6. The largest absolute Gasteiger partial charge is 0.508 e. The van der Waals surface area contributed by atoms with E-state index in [2.05, 4.69) is 40.2 Å². The Hall–Kier alpha value is -2.59. The highest BCUT2D eigenvalue weighted by Gasteiger charge is 2.20. The van der Waals surface area contributed by atoms with Crippen molar-refractivity contribution in [2.45, 2.75) is 25.7 Å². The Kier molecular flexibility index (Phi) is 5.26. The lowest BCUT2D eigenvalue weighted by atomic mass is 9.90. The van der Waals surface area contributed by atoms with Crippen LogP contribution in [0, 0.1) is 5.92 Å². The second-order valence-electron chi connectivity index (χ2n) is 7.58. The van der Waals surface area contributed by atoms with Crippen molar-refractivity contribution in [3.8, 4) is 5.75 Å². The van der Waals surface area contributed by atoms with Crippen molar-refractivity contribution < 1.29 is 9.90 Å². The van der Waals surface area contributed by atoms with Gasteiger partial charge in [-0.3, -0.25) is 4.79 Å². The number of benzene rings is 2. The Bertz CT molecular complexity index is 909. The Labute approximate surface area is 159 Å². The third-order valence-electron chi connectivity index (χ3n) is 5.70. The molecule has 27 heavy (non-hydrogen) atoms. The number of phenolic OH excluding ortho intramolecular Hbond substituents is 1. The fraction of sp³-hybridized carbons (Fsp3) is 0.348. The van der Waals surface area contributed by atoms with Crippen molar-refractivity contribution in [1.29, 1.82) is 0 Å². The number of nitrogens with zero attached hydrogens (tertiary/aromatic N) is 1. The van der Waals surface area contributed by atoms with Crippen molar-refractivity contribution in [2.24, 2.45) is 5.92 Å². The topological polar surface area (TPSA) is 56.3 Å². The summed E-state index contributed by atoms with van der Waals surface area (Å²) >= 11 is 0. The molecular weight excluding hydrogens is 336 g/mol. The van der Waals surface area contributed by atoms with E-state index < -0.39 is 0 Å². The first-order valence-electron chi connectivity index (χ1n) is 9.78. The maximum Gasteiger partial charge on any atom is 0.166 e. The highest BCUT2D eigenvalue weighted by Crippen LogP contribution is 2.25. The lowest BCUT2D eigenvalue weighted by molar-refractivity contribution is 0.0952. The molecule has 4 rings (SSSR count). The Morgan fingerprint density at radius 3 is 2.67 bits per heavy atom. The number of aromatic amines is 1. The SMILES string of the molecule is O=C(CCN1CCC(Cc2ccccc2)CC1)c1c[nH]c2ccc(O)cc12. The molecule has 0 radical (unpaired) electrons. The molecule has 4 nitrogen and oxygen atoms in total. The summed E-state index contributed by atoms with van der Waals surface area (Å²) in [6.07, 6.45) is 5.84. The summed E-state index contributed by atoms with van der Waals surface area (Å²) in [5.41, 5.74) is 2.99. The number of likely N-dealkylation sites (tertiary alicyclic amines) is 1. The zero-order chi connectivity index (χ0) is 18.6. The molecule has 2 aromatic carbocycles. The van der Waals surface area contributed by atoms with Crippen LogP contribution in [0.1, 0.15) is 35.2 Å². The van der Waals surface area contributed by atoms with E-state index in [0.29, 0.717) is 12.0 Å². The predicted molar refractivity (Wildman–Crippen MR) is 108 cm³/mol. The number of carbonyl (C=O) groups excluding carboxylic acids is 1. The summed E-state index contributed by atoms with van der Waals surface area (Å²) in [6.45, 7) is 2.95. The van der Waals surface area contributed by atoms with Gasteiger partial charge in [0.25, 0.3) is 0 Å². The van der Waals surface area contributed by atoms with Gasteiger partial charge in [-0.05, 0) is 62.0 Å². The van der Waals surface area contributed by atoms with E-state index in [1.54, 1.807) is 24.4 Å². The number of phenols is 1. The lowest BCUT2D eigenvalue weighted by Gasteiger charge is -2.31. The van der Waals surface area contributed by atoms with Crippen molar-refractivity contribution in [1.82, 2.24) is 9.88 Å². The van der Waals surface area contributed by atoms with Gasteiger partial charge in [0.1, 0.15) is 5.75 Å². The molecule has 0 aliphatic carbocycles. The summed E-state index contributed by atoms with van der Waals surface area (Å²) in [7, 11) is 0. The molecule has 1 fully saturated rings. The maximum absolute atomic E-state index is 12.7. The van der Waals surface area contributed by atoms with Crippen LogP contribution in [0.5, 0.6) is 5.75 Å². The van der Waals surface area contributed by atoms with Gasteiger partial charge in [0.15, 0.2) is 5.78 Å². The molecular formula is C23H26N2O2. The molecule has 4 heteroatoms. The van der Waals surface area contributed by atoms with Crippen molar-refractivity contribution in [2.75, 3.05) is 19.6 Å². The van der Waals surface area contributed by atoms with E-state index >= 15 is 0 Å². The first-order valence-corrected chi connectivity index (χ1v) is 9.78. The van der Waals surface area contributed by atoms with Crippen molar-refractivity contribution in [3.63, 3.8) is 0 Å². The average molecular weight is 362 g/mol. The molecule has 3 aromatic rings. The fourth-order valence-electron chi connectivity index (χ4n) is 4.10. The van der Waals surface area contributed by atoms with E-state index in [0.717, 1.165) is 42.9 Å². The van der Waals surface area contributed by atoms with E-state index in [1.165, 1.54) is 18.4 Å². The van der Waals surface area contributed by atoms with E-state index in [1.807, 2.05) is 0 Å². The van der Waals surface area contributed by atoms with E-state index in [9.17, 15) is 9.90 Å². The Balaban J connectivity index is 1.28. The highest BCUT2D eigenvalue weighted by molar-refractivity contribution is 6.08. The van der Waals surface area contributed by atoms with Gasteiger partial charge in [-0.1, -0.05) is 30.3 Å². The number of nitrogens with one attached hydrogen (secondary N) is 1. The number of H-pyrrole nitrogens is 1. The van der Waals surface area contributed by atoms with Crippen LogP contribution >= 0.6 is 0 Å². The van der Waals surface area contributed by atoms with Gasteiger partial charge in [-0.25, -0.2) is 0 Å². The standard InChI is InChI=1S/C23H26N2O2/c26-19-6-7-22-20(15-19)21(16-24-22)23(27)10-13-25-11-8-18(9-12-25)14-17-4-2-1-3-5-17/h1-7,15-16,18,24,26H,8-14H2. The second-order valence-corrected chi connectivity index (χ2v) is 7.58. The van der Waals surface area contributed by atoms with Crippen LogP contribution in [-0.2, 0) is 6.42 Å². The van der Waals surface area contributed by atoms with E-state index in [-0.39, 0.29) is 11.5 Å². The minimum atomic E-state index is 0.137. The quantitative estimate of drug-likeness (QED) is 0.639. The minimum Gasteiger partial charge on any atom is -0.508 e. The third kappa shape index (κ3) is 4.22. The van der Waals surface area contributed by atoms with Gasteiger partial charge in [0.2, 0.25) is 0 Å². The molecule has 2 N–H and O–H groups in total. The van der Waals surface area contributed by atoms with E-state index in [4.69, 9.17) is 0 Å². The van der Waals surface area contributed by atoms with Gasteiger partial charge in [-0.2, -0.15) is 0 Å². The third-order valence-corrected chi connectivity index (χ3v) is 5.70. The number of aromatic hydroxyl groups is 1. The minimum absolute atomic E-state index is 0.137. The zero-order valence-electron chi connectivity index (χ0n) is 15.5. The zero-order valence-corrected chi connectivity index (χ0v) is 15.5. The van der Waals surface area contributed by atoms with Gasteiger partial charge < -0.3 is 15.0 Å². The molecule has 140 valence electrons. The van der Waals surface area contributed by atoms with Crippen LogP contribution < -0.4 is 0 Å². The summed E-state index contributed by atoms with van der Waals surface area (Å²) in [5, 5.41) is 10.5. The molecule has 2 heterocycles. The molecule has 0 saturated carbocycles. The Morgan fingerprint density at radius 2 is 1.89 bits per heavy atom. The molecule has 1 aliphatic heterocycles. The molecule has 0 bridgehead atoms. The summed E-state index contributed by atoms with van der Waals surface area (Å²) in [4.78, 5) is 18.2. The highest BCUT2D eigenvalue weighted by atomic mass is 16.3. The van der Waals surface area contributed by atoms with Gasteiger partial charge in [0, 0.05) is 35.6 Å². The molecule has 1 aromatic heterocycles. The predicted octanol–water partition coefficient (Wildman–Crippen LogP) is 4.40. The average Bonchev–Trinajstić information content (AvgIpc) is 3.11. The number of hydrogen-bond donors (Lipinski definition) is 2. The van der Waals surface area contributed by atoms with Crippen LogP contribution in [0.25, 0.3) is 10.9 Å². The molecule has 0 amide bonds. The molecule has 0 atom stereocenters. The monoisotopic (exact) mass is 362 g/mol. The normalized spacial score (nSPS) is 16.0. The van der Waals surface area contributed by atoms with Crippen LogP contribution in [0.4, 0.5) is 0 Å². The lowest BCUT2D eigenvalue weighted by Crippen LogP contribution is -2.35. The number of piperidine rings is 1. The summed E-state index contributed by atoms with van der Waals surface area (Å²) < 4.78 is 0. The molecule has 1 aliphatic rings. The van der Waals surface area contributed by atoms with Crippen molar-refractivity contribution in [3.05, 3.63) is 65.9 Å². The summed E-state index contributed by atoms with van der Waals surface area (Å²) in [5.74, 6) is 1.07. The molecule has 0 unspecified atom stereocenters. The number of fused-ring (bicyclic) bond motifs is 1. The second kappa shape index (κ2) is 7.97. The first-order chi connectivity index (χ1) is 13.2.